The first-order valence-electron chi connectivity index (χ1n) is 16.2. The maximum atomic E-state index is 13.1. The molecule has 2 unspecified atom stereocenters. The van der Waals surface area contributed by atoms with Gasteiger partial charge in [-0.1, -0.05) is 77.1 Å². The first-order valence-corrected chi connectivity index (χ1v) is 18.3. The van der Waals surface area contributed by atoms with Crippen LogP contribution in [0.4, 0.5) is 4.79 Å². The Labute approximate surface area is 275 Å². The van der Waals surface area contributed by atoms with Gasteiger partial charge in [-0.3, -0.25) is 4.90 Å². The molecule has 0 spiro atoms. The molecule has 2 heterocycles. The molecule has 0 aliphatic carbocycles. The van der Waals surface area contributed by atoms with Crippen molar-refractivity contribution in [1.82, 2.24) is 4.90 Å². The summed E-state index contributed by atoms with van der Waals surface area (Å²) in [5.74, 6) is 0.442. The molecule has 45 heavy (non-hydrogen) atoms. The third-order valence-electron chi connectivity index (χ3n) is 9.49. The lowest BCUT2D eigenvalue weighted by Crippen LogP contribution is -2.54. The highest BCUT2D eigenvalue weighted by Gasteiger charge is 2.56. The van der Waals surface area contributed by atoms with Gasteiger partial charge in [0, 0.05) is 0 Å². The van der Waals surface area contributed by atoms with Gasteiger partial charge in [0.25, 0.3) is 0 Å². The lowest BCUT2D eigenvalue weighted by molar-refractivity contribution is 0.00399. The van der Waals surface area contributed by atoms with Crippen molar-refractivity contribution in [1.29, 1.82) is 0 Å². The molecule has 0 radical (unpaired) electrons. The van der Waals surface area contributed by atoms with Crippen molar-refractivity contribution in [2.24, 2.45) is 11.8 Å². The zero-order valence-corrected chi connectivity index (χ0v) is 30.8. The van der Waals surface area contributed by atoms with E-state index in [9.17, 15) is 9.90 Å². The maximum Gasteiger partial charge on any atom is 0.512 e. The lowest BCUT2D eigenvalue weighted by Gasteiger charge is -2.48. The van der Waals surface area contributed by atoms with E-state index in [1.807, 2.05) is 54.5 Å². The minimum absolute atomic E-state index is 0.133. The van der Waals surface area contributed by atoms with Crippen LogP contribution in [-0.2, 0) is 14.0 Å². The maximum absolute atomic E-state index is 13.1. The predicted octanol–water partition coefficient (Wildman–Crippen LogP) is 9.11. The van der Waals surface area contributed by atoms with Crippen LogP contribution in [0.5, 0.6) is 0 Å². The van der Waals surface area contributed by atoms with Gasteiger partial charge < -0.3 is 19.2 Å². The number of aliphatic hydroxyl groups excluding tert-OH is 1. The van der Waals surface area contributed by atoms with Crippen molar-refractivity contribution in [2.75, 3.05) is 12.9 Å². The van der Waals surface area contributed by atoms with Gasteiger partial charge in [0.05, 0.1) is 29.4 Å². The smallest absolute Gasteiger partial charge is 0.443 e. The number of hydrogen-bond acceptors (Lipinski definition) is 5. The second-order valence-electron chi connectivity index (χ2n) is 15.6. The Kier molecular flexibility index (Phi) is 11.4. The number of nitrogens with zero attached hydrogens (tertiary/aromatic N) is 1. The zero-order valence-electron chi connectivity index (χ0n) is 30.0. The molecule has 2 aliphatic rings. The molecule has 0 saturated carbocycles. The monoisotopic (exact) mass is 639 g/mol. The molecule has 2 aromatic carbocycles. The molecule has 250 valence electrons. The second-order valence-corrected chi connectivity index (χ2v) is 19.6. The standard InChI is InChI=1S/C20H36BNO5.C17H22S/c1-13(2)14-10-11-16(21-26-19(6,7)20(8,9)27-21)22(15(14)12-23)17(24)25-18(3,4)5;1-17(2,3)18(4,15-11-7-5-8-12-15)16-13-9-6-10-14-16/h11,13-15,23H,10,12H2,1-9H3;5-14H,1-4H3. The fourth-order valence-electron chi connectivity index (χ4n) is 5.78. The Morgan fingerprint density at radius 3 is 1.73 bits per heavy atom. The summed E-state index contributed by atoms with van der Waals surface area (Å²) >= 11 is 0. The van der Waals surface area contributed by atoms with Crippen molar-refractivity contribution in [2.45, 2.75) is 127 Å². The fraction of sp³-hybridized carbons (Fsp3) is 0.595. The molecule has 2 aromatic rings. The normalized spacial score (nSPS) is 22.0. The van der Waals surface area contributed by atoms with Crippen molar-refractivity contribution < 1.29 is 23.9 Å². The second kappa shape index (κ2) is 13.8. The Hall–Kier alpha value is -2.26. The molecule has 0 aromatic heterocycles. The largest absolute Gasteiger partial charge is 0.512 e. The van der Waals surface area contributed by atoms with Gasteiger partial charge in [-0.15, -0.1) is 0 Å². The first-order chi connectivity index (χ1) is 20.7. The van der Waals surface area contributed by atoms with E-state index < -0.39 is 40.0 Å². The van der Waals surface area contributed by atoms with Gasteiger partial charge in [0.1, 0.15) is 5.60 Å². The lowest BCUT2D eigenvalue weighted by atomic mass is 9.74. The van der Waals surface area contributed by atoms with E-state index in [4.69, 9.17) is 14.0 Å². The van der Waals surface area contributed by atoms with Crippen molar-refractivity contribution in [3.8, 4) is 0 Å². The van der Waals surface area contributed by atoms with E-state index >= 15 is 0 Å². The summed E-state index contributed by atoms with van der Waals surface area (Å²) in [6, 6.07) is 21.5. The Balaban J connectivity index is 0.000000265. The van der Waals surface area contributed by atoms with E-state index in [1.165, 1.54) is 9.79 Å². The van der Waals surface area contributed by atoms with Crippen molar-refractivity contribution in [3.63, 3.8) is 0 Å². The number of amides is 1. The van der Waals surface area contributed by atoms with Crippen LogP contribution in [0.2, 0.25) is 0 Å². The topological polar surface area (TPSA) is 68.2 Å². The Bertz CT molecular complexity index is 1240. The molecule has 6 nitrogen and oxygen atoms in total. The zero-order chi connectivity index (χ0) is 34.0. The van der Waals surface area contributed by atoms with Crippen LogP contribution in [-0.4, -0.2) is 63.7 Å². The summed E-state index contributed by atoms with van der Waals surface area (Å²) < 4.78 is 18.3. The molecular weight excluding hydrogens is 581 g/mol. The summed E-state index contributed by atoms with van der Waals surface area (Å²) in [4.78, 5) is 17.6. The van der Waals surface area contributed by atoms with Crippen molar-refractivity contribution in [3.05, 3.63) is 72.3 Å². The minimum atomic E-state index is -1.01. The van der Waals surface area contributed by atoms with Gasteiger partial charge in [-0.25, -0.2) is 4.79 Å². The Morgan fingerprint density at radius 2 is 1.38 bits per heavy atom. The third-order valence-corrected chi connectivity index (χ3v) is 14.4. The average molecular weight is 640 g/mol. The van der Waals surface area contributed by atoms with E-state index in [2.05, 4.69) is 102 Å². The quantitative estimate of drug-likeness (QED) is 0.331. The summed E-state index contributed by atoms with van der Waals surface area (Å²) in [5, 5.41) is 10.1. The number of carbonyl (C=O) groups is 1. The average Bonchev–Trinajstić information content (AvgIpc) is 3.17. The number of allylic oxidation sites excluding steroid dienone is 1. The van der Waals surface area contributed by atoms with Gasteiger partial charge in [-0.2, -0.15) is 10.0 Å². The number of hydrogen-bond donors (Lipinski definition) is 1. The SMILES string of the molecule is CC(C)(C)S(C)(c1ccccc1)c1ccccc1.CC(C)C1CC=C(B2OC(C)(C)C(C)(C)O2)N(C(=O)OC(C)(C)C)C1CO. The molecule has 1 N–H and O–H groups in total. The van der Waals surface area contributed by atoms with E-state index in [0.29, 0.717) is 11.5 Å². The number of ether oxygens (including phenoxy) is 1. The molecular formula is C37H58BNO5S. The molecule has 2 atom stereocenters. The van der Waals surface area contributed by atoms with E-state index in [0.717, 1.165) is 6.42 Å². The molecule has 0 bridgehead atoms. The summed E-state index contributed by atoms with van der Waals surface area (Å²) in [6.07, 6.45) is 4.70. The molecule has 1 saturated heterocycles. The number of aliphatic hydroxyl groups is 1. The van der Waals surface area contributed by atoms with Crippen LogP contribution in [0.1, 0.15) is 89.5 Å². The highest BCUT2D eigenvalue weighted by Crippen LogP contribution is 2.67. The van der Waals surface area contributed by atoms with Gasteiger partial charge in [0.15, 0.2) is 0 Å². The molecule has 2 aliphatic heterocycles. The highest BCUT2D eigenvalue weighted by atomic mass is 32.3. The van der Waals surface area contributed by atoms with E-state index in [-0.39, 0.29) is 23.3 Å². The predicted molar refractivity (Wildman–Crippen MR) is 189 cm³/mol. The van der Waals surface area contributed by atoms with Crippen LogP contribution < -0.4 is 0 Å². The van der Waals surface area contributed by atoms with Gasteiger partial charge in [-0.05, 0) is 112 Å². The van der Waals surface area contributed by atoms with Crippen LogP contribution in [0.25, 0.3) is 0 Å². The third kappa shape index (κ3) is 8.19. The van der Waals surface area contributed by atoms with Crippen molar-refractivity contribution >= 4 is 23.2 Å². The summed E-state index contributed by atoms with van der Waals surface area (Å²) in [7, 11) is -1.69. The molecule has 8 heteroatoms. The molecule has 1 amide bonds. The van der Waals surface area contributed by atoms with E-state index in [1.54, 1.807) is 4.90 Å². The first kappa shape index (κ1) is 37.2. The van der Waals surface area contributed by atoms with Gasteiger partial charge >= 0.3 is 13.2 Å². The molecule has 1 fully saturated rings. The summed E-state index contributed by atoms with van der Waals surface area (Å²) in [5.41, 5.74) is -1.04. The summed E-state index contributed by atoms with van der Waals surface area (Å²) in [6.45, 7) is 24.5. The van der Waals surface area contributed by atoms with Crippen LogP contribution in [0.3, 0.4) is 0 Å². The highest BCUT2D eigenvalue weighted by molar-refractivity contribution is 8.34. The number of benzene rings is 2. The Morgan fingerprint density at radius 1 is 0.933 bits per heavy atom. The molecule has 4 rings (SSSR count). The minimum Gasteiger partial charge on any atom is -0.443 e. The number of rotatable bonds is 5. The van der Waals surface area contributed by atoms with Crippen LogP contribution >= 0.6 is 10.0 Å². The van der Waals surface area contributed by atoms with Crippen LogP contribution in [0, 0.1) is 11.8 Å². The fourth-order valence-corrected chi connectivity index (χ4v) is 8.87. The van der Waals surface area contributed by atoms with Gasteiger partial charge in [0.2, 0.25) is 0 Å². The van der Waals surface area contributed by atoms with Crippen LogP contribution in [0.15, 0.2) is 82.1 Å². The number of carbonyl (C=O) groups excluding carboxylic acids is 1.